The van der Waals surface area contributed by atoms with Crippen molar-refractivity contribution in [1.29, 1.82) is 0 Å². The van der Waals surface area contributed by atoms with Crippen molar-refractivity contribution in [3.8, 4) is 0 Å². The summed E-state index contributed by atoms with van der Waals surface area (Å²) in [4.78, 5) is 22.3. The van der Waals surface area contributed by atoms with E-state index in [1.165, 1.54) is 0 Å². The zero-order valence-corrected chi connectivity index (χ0v) is 13.8. The normalized spacial score (nSPS) is 10.4. The number of hydrogen-bond donors (Lipinski definition) is 1. The van der Waals surface area contributed by atoms with Gasteiger partial charge in [-0.3, -0.25) is 4.79 Å². The minimum absolute atomic E-state index is 0.121. The molecule has 0 saturated heterocycles. The van der Waals surface area contributed by atoms with E-state index in [1.54, 1.807) is 35.4 Å². The van der Waals surface area contributed by atoms with Gasteiger partial charge in [-0.15, -0.1) is 0 Å². The molecule has 1 amide bonds. The lowest BCUT2D eigenvalue weighted by Crippen LogP contribution is -2.31. The molecule has 2 rings (SSSR count). The minimum Gasteiger partial charge on any atom is -0.338 e. The fourth-order valence-electron chi connectivity index (χ4n) is 1.91. The van der Waals surface area contributed by atoms with Crippen molar-refractivity contribution in [3.05, 3.63) is 46.2 Å². The van der Waals surface area contributed by atoms with Gasteiger partial charge in [-0.05, 0) is 38.1 Å². The van der Waals surface area contributed by atoms with Crippen molar-refractivity contribution in [2.45, 2.75) is 13.8 Å². The Morgan fingerprint density at radius 2 is 1.91 bits per heavy atom. The molecule has 0 saturated carbocycles. The molecule has 0 atom stereocenters. The van der Waals surface area contributed by atoms with Crippen LogP contribution in [-0.2, 0) is 0 Å². The summed E-state index contributed by atoms with van der Waals surface area (Å²) in [6.45, 7) is 5.12. The third-order valence-corrected chi connectivity index (χ3v) is 3.84. The van der Waals surface area contributed by atoms with Gasteiger partial charge in [-0.25, -0.2) is 9.97 Å². The maximum atomic E-state index is 12.3. The highest BCUT2D eigenvalue weighted by atomic mass is 35.5. The Morgan fingerprint density at radius 1 is 1.18 bits per heavy atom. The summed E-state index contributed by atoms with van der Waals surface area (Å²) >= 11 is 11.8. The fourth-order valence-corrected chi connectivity index (χ4v) is 2.21. The minimum atomic E-state index is -0.121. The summed E-state index contributed by atoms with van der Waals surface area (Å²) in [7, 11) is 0. The van der Waals surface area contributed by atoms with E-state index in [4.69, 9.17) is 23.2 Å². The summed E-state index contributed by atoms with van der Waals surface area (Å²) in [5.41, 5.74) is 1.04. The lowest BCUT2D eigenvalue weighted by Gasteiger charge is -2.18. The number of hydrogen-bond acceptors (Lipinski definition) is 4. The lowest BCUT2D eigenvalue weighted by atomic mass is 10.3. The van der Waals surface area contributed by atoms with Crippen molar-refractivity contribution in [2.75, 3.05) is 18.4 Å². The molecule has 7 heteroatoms. The van der Waals surface area contributed by atoms with E-state index in [2.05, 4.69) is 15.3 Å². The Bertz CT molecular complexity index is 674. The van der Waals surface area contributed by atoms with Crippen LogP contribution in [0.2, 0.25) is 10.0 Å². The second-order valence-corrected chi connectivity index (χ2v) is 5.31. The SMILES string of the molecule is CCN(CC)C(=O)c1ccnc(Nc2ccc(Cl)c(Cl)c2)n1. The zero-order chi connectivity index (χ0) is 16.1. The quantitative estimate of drug-likeness (QED) is 0.894. The molecule has 1 aromatic carbocycles. The average Bonchev–Trinajstić information content (AvgIpc) is 2.52. The summed E-state index contributed by atoms with van der Waals surface area (Å²) in [6.07, 6.45) is 1.55. The lowest BCUT2D eigenvalue weighted by molar-refractivity contribution is 0.0767. The van der Waals surface area contributed by atoms with Crippen LogP contribution in [0.5, 0.6) is 0 Å². The van der Waals surface area contributed by atoms with Gasteiger partial charge >= 0.3 is 0 Å². The number of aromatic nitrogens is 2. The molecule has 2 aromatic rings. The Labute approximate surface area is 139 Å². The van der Waals surface area contributed by atoms with Gasteiger partial charge in [0.05, 0.1) is 10.0 Å². The number of rotatable bonds is 5. The molecule has 0 spiro atoms. The third-order valence-electron chi connectivity index (χ3n) is 3.10. The van der Waals surface area contributed by atoms with Crippen LogP contribution < -0.4 is 5.32 Å². The van der Waals surface area contributed by atoms with E-state index in [0.29, 0.717) is 40.5 Å². The summed E-state index contributed by atoms with van der Waals surface area (Å²) in [5, 5.41) is 3.91. The number of anilines is 2. The largest absolute Gasteiger partial charge is 0.338 e. The maximum absolute atomic E-state index is 12.3. The van der Waals surface area contributed by atoms with Gasteiger partial charge in [-0.2, -0.15) is 0 Å². The number of amides is 1. The number of carbonyl (C=O) groups is 1. The van der Waals surface area contributed by atoms with Gasteiger partial charge in [0.1, 0.15) is 5.69 Å². The number of halogens is 2. The molecular weight excluding hydrogens is 323 g/mol. The molecule has 116 valence electrons. The van der Waals surface area contributed by atoms with Crippen molar-refractivity contribution < 1.29 is 4.79 Å². The van der Waals surface area contributed by atoms with Crippen molar-refractivity contribution in [3.63, 3.8) is 0 Å². The smallest absolute Gasteiger partial charge is 0.272 e. The fraction of sp³-hybridized carbons (Fsp3) is 0.267. The number of benzene rings is 1. The average molecular weight is 339 g/mol. The number of nitrogens with zero attached hydrogens (tertiary/aromatic N) is 3. The van der Waals surface area contributed by atoms with Crippen LogP contribution in [0.15, 0.2) is 30.5 Å². The standard InChI is InChI=1S/C15H16Cl2N4O/c1-3-21(4-2)14(22)13-7-8-18-15(20-13)19-10-5-6-11(16)12(17)9-10/h5-9H,3-4H2,1-2H3,(H,18,19,20). The first-order valence-electron chi connectivity index (χ1n) is 6.89. The van der Waals surface area contributed by atoms with E-state index < -0.39 is 0 Å². The highest BCUT2D eigenvalue weighted by molar-refractivity contribution is 6.42. The van der Waals surface area contributed by atoms with Gasteiger partial charge < -0.3 is 10.2 Å². The summed E-state index contributed by atoms with van der Waals surface area (Å²) in [6, 6.07) is 6.71. The first kappa shape index (κ1) is 16.5. The Balaban J connectivity index is 2.21. The molecule has 0 fully saturated rings. The molecule has 5 nitrogen and oxygen atoms in total. The molecular formula is C15H16Cl2N4O. The highest BCUT2D eigenvalue weighted by Gasteiger charge is 2.14. The molecule has 0 unspecified atom stereocenters. The van der Waals surface area contributed by atoms with Gasteiger partial charge in [0.25, 0.3) is 5.91 Å². The first-order chi connectivity index (χ1) is 10.5. The van der Waals surface area contributed by atoms with Crippen LogP contribution in [0.3, 0.4) is 0 Å². The molecule has 0 aliphatic rings. The third kappa shape index (κ3) is 3.87. The monoisotopic (exact) mass is 338 g/mol. The van der Waals surface area contributed by atoms with Crippen LogP contribution in [0, 0.1) is 0 Å². The highest BCUT2D eigenvalue weighted by Crippen LogP contribution is 2.26. The molecule has 0 aliphatic carbocycles. The van der Waals surface area contributed by atoms with E-state index in [-0.39, 0.29) is 5.91 Å². The maximum Gasteiger partial charge on any atom is 0.272 e. The van der Waals surface area contributed by atoms with Crippen molar-refractivity contribution in [1.82, 2.24) is 14.9 Å². The zero-order valence-electron chi connectivity index (χ0n) is 12.3. The number of nitrogens with one attached hydrogen (secondary N) is 1. The van der Waals surface area contributed by atoms with Gasteiger partial charge in [-0.1, -0.05) is 23.2 Å². The van der Waals surface area contributed by atoms with Gasteiger partial charge in [0, 0.05) is 25.0 Å². The van der Waals surface area contributed by atoms with Crippen LogP contribution in [0.25, 0.3) is 0 Å². The van der Waals surface area contributed by atoms with E-state index in [1.807, 2.05) is 13.8 Å². The van der Waals surface area contributed by atoms with Gasteiger partial charge in [0.2, 0.25) is 5.95 Å². The molecule has 0 aliphatic heterocycles. The van der Waals surface area contributed by atoms with Crippen molar-refractivity contribution >= 4 is 40.7 Å². The van der Waals surface area contributed by atoms with Crippen LogP contribution in [0.4, 0.5) is 11.6 Å². The Kier molecular flexibility index (Phi) is 5.57. The van der Waals surface area contributed by atoms with E-state index >= 15 is 0 Å². The topological polar surface area (TPSA) is 58.1 Å². The van der Waals surface area contributed by atoms with E-state index in [9.17, 15) is 4.79 Å². The molecule has 1 heterocycles. The Hall–Kier alpha value is -1.85. The van der Waals surface area contributed by atoms with Crippen LogP contribution >= 0.6 is 23.2 Å². The number of carbonyl (C=O) groups excluding carboxylic acids is 1. The summed E-state index contributed by atoms with van der Waals surface area (Å²) < 4.78 is 0. The summed E-state index contributed by atoms with van der Waals surface area (Å²) in [5.74, 6) is 0.209. The second-order valence-electron chi connectivity index (χ2n) is 4.50. The predicted molar refractivity (Wildman–Crippen MR) is 89.0 cm³/mol. The predicted octanol–water partition coefficient (Wildman–Crippen LogP) is 4.01. The molecule has 22 heavy (non-hydrogen) atoms. The molecule has 1 aromatic heterocycles. The van der Waals surface area contributed by atoms with Crippen LogP contribution in [-0.4, -0.2) is 33.9 Å². The van der Waals surface area contributed by atoms with Crippen molar-refractivity contribution in [2.24, 2.45) is 0 Å². The molecule has 0 bridgehead atoms. The van der Waals surface area contributed by atoms with E-state index in [0.717, 1.165) is 0 Å². The van der Waals surface area contributed by atoms with Gasteiger partial charge in [0.15, 0.2) is 0 Å². The van der Waals surface area contributed by atoms with Crippen LogP contribution in [0.1, 0.15) is 24.3 Å². The Morgan fingerprint density at radius 3 is 2.55 bits per heavy atom. The molecule has 1 N–H and O–H groups in total. The molecule has 0 radical (unpaired) electrons. The second kappa shape index (κ2) is 7.42. The first-order valence-corrected chi connectivity index (χ1v) is 7.65.